The molecule has 0 fully saturated rings. The van der Waals surface area contributed by atoms with Gasteiger partial charge in [-0.15, -0.1) is 0 Å². The van der Waals surface area contributed by atoms with Gasteiger partial charge in [-0.25, -0.2) is 9.18 Å². The van der Waals surface area contributed by atoms with Crippen LogP contribution in [0.15, 0.2) is 56.5 Å². The second-order valence-electron chi connectivity index (χ2n) is 5.86. The van der Waals surface area contributed by atoms with Crippen molar-refractivity contribution in [1.82, 2.24) is 9.97 Å². The Morgan fingerprint density at radius 2 is 1.83 bits per heavy atom. The van der Waals surface area contributed by atoms with Crippen molar-refractivity contribution in [3.63, 3.8) is 0 Å². The van der Waals surface area contributed by atoms with Crippen LogP contribution in [0.2, 0.25) is 0 Å². The molecular weight excluding hydrogens is 449 g/mol. The minimum absolute atomic E-state index is 0.171. The Kier molecular flexibility index (Phi) is 6.03. The molecule has 0 radical (unpaired) electrons. The molecule has 0 aliphatic heterocycles. The molecule has 2 N–H and O–H groups in total. The molecule has 1 aromatic heterocycles. The Hall–Kier alpha value is -3.53. The number of nitro groups is 1. The van der Waals surface area contributed by atoms with Crippen LogP contribution < -0.4 is 16.0 Å². The molecule has 0 saturated carbocycles. The average Bonchev–Trinajstić information content (AvgIpc) is 2.66. The molecule has 0 saturated heterocycles. The normalized spacial score (nSPS) is 11.0. The van der Waals surface area contributed by atoms with Crippen molar-refractivity contribution in [1.29, 1.82) is 0 Å². The zero-order valence-corrected chi connectivity index (χ0v) is 16.2. The third-order valence-corrected chi connectivity index (χ3v) is 4.33. The molecule has 0 aliphatic carbocycles. The number of rotatable bonds is 6. The maximum atomic E-state index is 13.0. The molecule has 0 unspecified atom stereocenters. The number of benzene rings is 2. The number of aromatic amines is 2. The van der Waals surface area contributed by atoms with Crippen molar-refractivity contribution < 1.29 is 14.1 Å². The van der Waals surface area contributed by atoms with Gasteiger partial charge in [-0.1, -0.05) is 28.1 Å². The zero-order chi connectivity index (χ0) is 21.0. The van der Waals surface area contributed by atoms with Crippen molar-refractivity contribution in [2.75, 3.05) is 0 Å². The van der Waals surface area contributed by atoms with Crippen molar-refractivity contribution in [2.45, 2.75) is 6.61 Å². The van der Waals surface area contributed by atoms with Crippen LogP contribution in [-0.2, 0) is 6.61 Å². The summed E-state index contributed by atoms with van der Waals surface area (Å²) in [6, 6.07) is 11.0. The third kappa shape index (κ3) is 5.05. The Morgan fingerprint density at radius 3 is 2.52 bits per heavy atom. The standard InChI is InChI=1S/C19H13BrFN3O5/c20-13-4-8-16(29-10-11-1-5-14(21)6-2-11)12(9-13)3-7-15-17(24(27)28)18(25)23-19(26)22-15/h1-9H,10H2,(H2,22,23,25,26)/b7-3+. The van der Waals surface area contributed by atoms with E-state index in [0.717, 1.165) is 10.0 Å². The molecule has 3 rings (SSSR count). The van der Waals surface area contributed by atoms with Gasteiger partial charge in [0.25, 0.3) is 0 Å². The van der Waals surface area contributed by atoms with Gasteiger partial charge < -0.3 is 9.72 Å². The van der Waals surface area contributed by atoms with Crippen molar-refractivity contribution >= 4 is 33.8 Å². The summed E-state index contributed by atoms with van der Waals surface area (Å²) >= 11 is 3.34. The van der Waals surface area contributed by atoms with Crippen LogP contribution in [0.3, 0.4) is 0 Å². The summed E-state index contributed by atoms with van der Waals surface area (Å²) in [6.45, 7) is 0.171. The fourth-order valence-corrected chi connectivity index (χ4v) is 2.87. The zero-order valence-electron chi connectivity index (χ0n) is 14.6. The smallest absolute Gasteiger partial charge is 0.357 e. The highest BCUT2D eigenvalue weighted by molar-refractivity contribution is 9.10. The largest absolute Gasteiger partial charge is 0.488 e. The highest BCUT2D eigenvalue weighted by Gasteiger charge is 2.19. The summed E-state index contributed by atoms with van der Waals surface area (Å²) in [5.74, 6) is 0.0954. The molecule has 148 valence electrons. The van der Waals surface area contributed by atoms with E-state index in [-0.39, 0.29) is 18.1 Å². The molecule has 0 aliphatic rings. The lowest BCUT2D eigenvalue weighted by Gasteiger charge is -2.10. The lowest BCUT2D eigenvalue weighted by Crippen LogP contribution is -2.25. The maximum Gasteiger partial charge on any atom is 0.357 e. The van der Waals surface area contributed by atoms with Gasteiger partial charge in [-0.2, -0.15) is 0 Å². The number of hydrogen-bond donors (Lipinski definition) is 2. The fraction of sp³-hybridized carbons (Fsp3) is 0.0526. The second kappa shape index (κ2) is 8.65. The average molecular weight is 462 g/mol. The monoisotopic (exact) mass is 461 g/mol. The number of halogens is 2. The first-order chi connectivity index (χ1) is 13.8. The van der Waals surface area contributed by atoms with Crippen LogP contribution in [0.25, 0.3) is 12.2 Å². The van der Waals surface area contributed by atoms with E-state index in [0.29, 0.717) is 11.3 Å². The number of hydrogen-bond acceptors (Lipinski definition) is 5. The number of nitrogens with one attached hydrogen (secondary N) is 2. The number of ether oxygens (including phenoxy) is 1. The molecule has 10 heteroatoms. The van der Waals surface area contributed by atoms with Crippen LogP contribution in [0, 0.1) is 15.9 Å². The van der Waals surface area contributed by atoms with Gasteiger partial charge in [-0.05, 0) is 48.0 Å². The summed E-state index contributed by atoms with van der Waals surface area (Å²) in [5.41, 5.74) is -1.68. The highest BCUT2D eigenvalue weighted by Crippen LogP contribution is 2.26. The van der Waals surface area contributed by atoms with Crippen LogP contribution in [0.5, 0.6) is 5.75 Å². The van der Waals surface area contributed by atoms with Crippen LogP contribution in [0.1, 0.15) is 16.8 Å². The quantitative estimate of drug-likeness (QED) is 0.429. The van der Waals surface area contributed by atoms with Gasteiger partial charge in [0.05, 0.1) is 4.92 Å². The number of H-pyrrole nitrogens is 2. The summed E-state index contributed by atoms with van der Waals surface area (Å²) in [4.78, 5) is 37.5. The summed E-state index contributed by atoms with van der Waals surface area (Å²) in [5, 5.41) is 11.1. The van der Waals surface area contributed by atoms with Crippen LogP contribution in [0.4, 0.5) is 10.1 Å². The Bertz CT molecular complexity index is 1200. The minimum atomic E-state index is -1.10. The molecule has 0 spiro atoms. The van der Waals surface area contributed by atoms with E-state index >= 15 is 0 Å². The van der Waals surface area contributed by atoms with Crippen LogP contribution >= 0.6 is 15.9 Å². The lowest BCUT2D eigenvalue weighted by molar-refractivity contribution is -0.386. The molecule has 0 atom stereocenters. The van der Waals surface area contributed by atoms with Crippen molar-refractivity contribution in [3.8, 4) is 5.75 Å². The van der Waals surface area contributed by atoms with E-state index in [1.165, 1.54) is 24.3 Å². The molecular formula is C19H13BrFN3O5. The van der Waals surface area contributed by atoms with Crippen molar-refractivity contribution in [2.24, 2.45) is 0 Å². The van der Waals surface area contributed by atoms with E-state index in [9.17, 15) is 24.1 Å². The summed E-state index contributed by atoms with van der Waals surface area (Å²) in [7, 11) is 0. The topological polar surface area (TPSA) is 118 Å². The van der Waals surface area contributed by atoms with Crippen molar-refractivity contribution in [3.05, 3.63) is 101 Å². The molecule has 2 aromatic carbocycles. The summed E-state index contributed by atoms with van der Waals surface area (Å²) in [6.07, 6.45) is 2.73. The molecule has 1 heterocycles. The first-order valence-corrected chi connectivity index (χ1v) is 8.98. The Labute approximate surface area is 171 Å². The fourth-order valence-electron chi connectivity index (χ4n) is 2.50. The predicted molar refractivity (Wildman–Crippen MR) is 108 cm³/mol. The Balaban J connectivity index is 1.92. The van der Waals surface area contributed by atoms with Gasteiger partial charge in [0.2, 0.25) is 0 Å². The van der Waals surface area contributed by atoms with Crippen LogP contribution in [-0.4, -0.2) is 14.9 Å². The molecule has 0 bridgehead atoms. The first-order valence-electron chi connectivity index (χ1n) is 8.19. The molecule has 8 nitrogen and oxygen atoms in total. The predicted octanol–water partition coefficient (Wildman–Crippen LogP) is 3.62. The maximum absolute atomic E-state index is 13.0. The molecule has 29 heavy (non-hydrogen) atoms. The number of nitrogens with zero attached hydrogens (tertiary/aromatic N) is 1. The summed E-state index contributed by atoms with van der Waals surface area (Å²) < 4.78 is 19.5. The van der Waals surface area contributed by atoms with Gasteiger partial charge in [-0.3, -0.25) is 19.9 Å². The molecule has 0 amide bonds. The minimum Gasteiger partial charge on any atom is -0.488 e. The second-order valence-corrected chi connectivity index (χ2v) is 6.77. The van der Waals surface area contributed by atoms with E-state index in [1.807, 2.05) is 4.98 Å². The van der Waals surface area contributed by atoms with Gasteiger partial charge in [0, 0.05) is 10.0 Å². The SMILES string of the molecule is O=c1[nH]c(/C=C/c2cc(Br)ccc2OCc2ccc(F)cc2)c([N+](=O)[O-])c(=O)[nH]1. The Morgan fingerprint density at radius 1 is 1.10 bits per heavy atom. The van der Waals surface area contributed by atoms with E-state index in [4.69, 9.17) is 4.74 Å². The molecule has 3 aromatic rings. The van der Waals surface area contributed by atoms with E-state index in [1.54, 1.807) is 30.3 Å². The lowest BCUT2D eigenvalue weighted by atomic mass is 10.1. The van der Waals surface area contributed by atoms with Gasteiger partial charge in [0.1, 0.15) is 23.9 Å². The van der Waals surface area contributed by atoms with E-state index < -0.39 is 21.9 Å². The number of aromatic nitrogens is 2. The highest BCUT2D eigenvalue weighted by atomic mass is 79.9. The van der Waals surface area contributed by atoms with Gasteiger partial charge >= 0.3 is 16.9 Å². The van der Waals surface area contributed by atoms with Gasteiger partial charge in [0.15, 0.2) is 0 Å². The first kappa shape index (κ1) is 20.2. The third-order valence-electron chi connectivity index (χ3n) is 3.84. The van der Waals surface area contributed by atoms with E-state index in [2.05, 4.69) is 20.9 Å².